The van der Waals surface area contributed by atoms with Crippen molar-refractivity contribution in [2.24, 2.45) is 0 Å². The number of nitrogens with zero attached hydrogens (tertiary/aromatic N) is 4. The summed E-state index contributed by atoms with van der Waals surface area (Å²) in [7, 11) is 0. The molecule has 3 aromatic rings. The molecule has 0 aliphatic carbocycles. The third kappa shape index (κ3) is 3.20. The van der Waals surface area contributed by atoms with Gasteiger partial charge in [-0.15, -0.1) is 0 Å². The van der Waals surface area contributed by atoms with Crippen LogP contribution in [0.5, 0.6) is 5.75 Å². The molecule has 3 rings (SSSR count). The van der Waals surface area contributed by atoms with E-state index in [-0.39, 0.29) is 17.2 Å². The smallest absolute Gasteiger partial charge is 0.311 e. The first-order valence-corrected chi connectivity index (χ1v) is 8.03. The minimum absolute atomic E-state index is 0.187. The predicted molar refractivity (Wildman–Crippen MR) is 90.7 cm³/mol. The van der Waals surface area contributed by atoms with Crippen LogP contribution in [0, 0.1) is 13.8 Å². The van der Waals surface area contributed by atoms with Crippen molar-refractivity contribution in [1.82, 2.24) is 19.6 Å². The molecule has 0 aliphatic heterocycles. The standard InChI is InChI=1S/C16H14Cl2N4O2/c1-9-11(10(2)22-16(21-9)19-8-20-22)6-7-14(23)24-13-5-3-4-12(17)15(13)18/h3-5,8H,6-7H2,1-2H3. The normalized spacial score (nSPS) is 11.0. The molecule has 124 valence electrons. The van der Waals surface area contributed by atoms with Gasteiger partial charge in [0.1, 0.15) is 11.3 Å². The van der Waals surface area contributed by atoms with E-state index in [2.05, 4.69) is 15.1 Å². The first-order valence-electron chi connectivity index (χ1n) is 7.28. The van der Waals surface area contributed by atoms with E-state index in [9.17, 15) is 4.79 Å². The second-order valence-corrected chi connectivity index (χ2v) is 6.04. The topological polar surface area (TPSA) is 69.4 Å². The van der Waals surface area contributed by atoms with Gasteiger partial charge in [-0.25, -0.2) is 9.50 Å². The average Bonchev–Trinajstić information content (AvgIpc) is 3.00. The molecule has 0 aliphatic rings. The number of esters is 1. The number of halogens is 2. The Bertz CT molecular complexity index is 924. The highest BCUT2D eigenvalue weighted by atomic mass is 35.5. The number of rotatable bonds is 4. The highest BCUT2D eigenvalue weighted by Gasteiger charge is 2.15. The van der Waals surface area contributed by atoms with E-state index in [4.69, 9.17) is 27.9 Å². The van der Waals surface area contributed by atoms with Crippen LogP contribution in [0.4, 0.5) is 0 Å². The van der Waals surface area contributed by atoms with Crippen LogP contribution in [-0.2, 0) is 11.2 Å². The molecule has 0 fully saturated rings. The first kappa shape index (κ1) is 16.7. The van der Waals surface area contributed by atoms with Gasteiger partial charge in [-0.1, -0.05) is 29.3 Å². The maximum absolute atomic E-state index is 12.1. The van der Waals surface area contributed by atoms with Crippen molar-refractivity contribution in [2.75, 3.05) is 0 Å². The molecule has 2 heterocycles. The number of benzene rings is 1. The Morgan fingerprint density at radius 3 is 2.88 bits per heavy atom. The van der Waals surface area contributed by atoms with E-state index < -0.39 is 5.97 Å². The molecule has 0 amide bonds. The van der Waals surface area contributed by atoms with E-state index in [1.165, 1.54) is 6.33 Å². The predicted octanol–water partition coefficient (Wildman–Crippen LogP) is 3.59. The minimum atomic E-state index is -0.392. The van der Waals surface area contributed by atoms with Crippen molar-refractivity contribution in [2.45, 2.75) is 26.7 Å². The van der Waals surface area contributed by atoms with E-state index >= 15 is 0 Å². The second-order valence-electron chi connectivity index (χ2n) is 5.26. The summed E-state index contributed by atoms with van der Waals surface area (Å²) in [5, 5.41) is 4.70. The van der Waals surface area contributed by atoms with Crippen LogP contribution in [0.1, 0.15) is 23.4 Å². The number of hydrogen-bond donors (Lipinski definition) is 0. The van der Waals surface area contributed by atoms with Crippen molar-refractivity contribution < 1.29 is 9.53 Å². The molecule has 1 aromatic carbocycles. The van der Waals surface area contributed by atoms with Crippen LogP contribution in [0.3, 0.4) is 0 Å². The molecule has 0 saturated heterocycles. The summed E-state index contributed by atoms with van der Waals surface area (Å²) in [5.41, 5.74) is 2.67. The van der Waals surface area contributed by atoms with E-state index in [0.717, 1.165) is 17.0 Å². The first-order chi connectivity index (χ1) is 11.5. The van der Waals surface area contributed by atoms with Crippen molar-refractivity contribution in [3.8, 4) is 5.75 Å². The number of fused-ring (bicyclic) bond motifs is 1. The summed E-state index contributed by atoms with van der Waals surface area (Å²) >= 11 is 11.9. The van der Waals surface area contributed by atoms with Crippen LogP contribution in [0.25, 0.3) is 5.78 Å². The number of carbonyl (C=O) groups is 1. The lowest BCUT2D eigenvalue weighted by molar-refractivity contribution is -0.134. The number of aryl methyl sites for hydroxylation is 2. The van der Waals surface area contributed by atoms with Crippen LogP contribution < -0.4 is 4.74 Å². The summed E-state index contributed by atoms with van der Waals surface area (Å²) < 4.78 is 6.94. The number of aromatic nitrogens is 4. The monoisotopic (exact) mass is 364 g/mol. The van der Waals surface area contributed by atoms with Gasteiger partial charge in [0.05, 0.1) is 11.4 Å². The number of ether oxygens (including phenoxy) is 1. The lowest BCUT2D eigenvalue weighted by Gasteiger charge is -2.11. The third-order valence-electron chi connectivity index (χ3n) is 3.71. The maximum Gasteiger partial charge on any atom is 0.311 e. The van der Waals surface area contributed by atoms with Crippen molar-refractivity contribution in [1.29, 1.82) is 0 Å². The van der Waals surface area contributed by atoms with Gasteiger partial charge in [-0.05, 0) is 38.0 Å². The van der Waals surface area contributed by atoms with Crippen molar-refractivity contribution in [3.05, 3.63) is 51.5 Å². The van der Waals surface area contributed by atoms with Gasteiger partial charge in [0.15, 0.2) is 5.75 Å². The van der Waals surface area contributed by atoms with Gasteiger partial charge < -0.3 is 4.74 Å². The molecule has 0 spiro atoms. The van der Waals surface area contributed by atoms with E-state index in [0.29, 0.717) is 17.2 Å². The Balaban J connectivity index is 1.74. The molecule has 2 aromatic heterocycles. The Morgan fingerprint density at radius 1 is 1.29 bits per heavy atom. The van der Waals surface area contributed by atoms with Crippen LogP contribution >= 0.6 is 23.2 Å². The molecule has 0 unspecified atom stereocenters. The Hall–Kier alpha value is -2.18. The summed E-state index contributed by atoms with van der Waals surface area (Å²) in [6.07, 6.45) is 2.12. The van der Waals surface area contributed by atoms with Crippen LogP contribution in [-0.4, -0.2) is 25.6 Å². The van der Waals surface area contributed by atoms with Gasteiger partial charge in [-0.2, -0.15) is 10.1 Å². The van der Waals surface area contributed by atoms with Crippen molar-refractivity contribution in [3.63, 3.8) is 0 Å². The zero-order valence-electron chi connectivity index (χ0n) is 13.1. The zero-order valence-corrected chi connectivity index (χ0v) is 14.6. The largest absolute Gasteiger partial charge is 0.425 e. The number of carbonyl (C=O) groups excluding carboxylic acids is 1. The molecule has 24 heavy (non-hydrogen) atoms. The highest BCUT2D eigenvalue weighted by molar-refractivity contribution is 6.43. The lowest BCUT2D eigenvalue weighted by atomic mass is 10.1. The minimum Gasteiger partial charge on any atom is -0.425 e. The fourth-order valence-corrected chi connectivity index (χ4v) is 2.81. The van der Waals surface area contributed by atoms with Gasteiger partial charge in [-0.3, -0.25) is 4.79 Å². The maximum atomic E-state index is 12.1. The van der Waals surface area contributed by atoms with Gasteiger partial charge in [0, 0.05) is 11.4 Å². The SMILES string of the molecule is Cc1nc2ncnn2c(C)c1CCC(=O)Oc1cccc(Cl)c1Cl. The molecule has 0 bridgehead atoms. The Morgan fingerprint density at radius 2 is 2.08 bits per heavy atom. The van der Waals surface area contributed by atoms with Gasteiger partial charge in [0.25, 0.3) is 5.78 Å². The number of hydrogen-bond acceptors (Lipinski definition) is 5. The Kier molecular flexibility index (Phi) is 4.69. The molecular weight excluding hydrogens is 351 g/mol. The molecule has 6 nitrogen and oxygen atoms in total. The fourth-order valence-electron chi connectivity index (χ4n) is 2.48. The molecule has 8 heteroatoms. The summed E-state index contributed by atoms with van der Waals surface area (Å²) in [6.45, 7) is 3.81. The van der Waals surface area contributed by atoms with Crippen LogP contribution in [0.15, 0.2) is 24.5 Å². The Labute approximate surface area is 148 Å². The third-order valence-corrected chi connectivity index (χ3v) is 4.51. The molecule has 0 saturated carbocycles. The van der Waals surface area contributed by atoms with Crippen LogP contribution in [0.2, 0.25) is 10.0 Å². The average molecular weight is 365 g/mol. The second kappa shape index (κ2) is 6.75. The summed E-state index contributed by atoms with van der Waals surface area (Å²) in [6, 6.07) is 4.91. The van der Waals surface area contributed by atoms with Crippen molar-refractivity contribution >= 4 is 34.9 Å². The molecular formula is C16H14Cl2N4O2. The van der Waals surface area contributed by atoms with Gasteiger partial charge >= 0.3 is 5.97 Å². The lowest BCUT2D eigenvalue weighted by Crippen LogP contribution is -2.12. The fraction of sp³-hybridized carbons (Fsp3) is 0.250. The highest BCUT2D eigenvalue weighted by Crippen LogP contribution is 2.31. The molecule has 0 radical (unpaired) electrons. The quantitative estimate of drug-likeness (QED) is 0.522. The zero-order chi connectivity index (χ0) is 17.3. The molecule has 0 N–H and O–H groups in total. The van der Waals surface area contributed by atoms with E-state index in [1.807, 2.05) is 13.8 Å². The van der Waals surface area contributed by atoms with E-state index in [1.54, 1.807) is 22.7 Å². The summed E-state index contributed by atoms with van der Waals surface area (Å²) in [4.78, 5) is 20.6. The summed E-state index contributed by atoms with van der Waals surface area (Å²) in [5.74, 6) is 0.408. The molecule has 0 atom stereocenters. The van der Waals surface area contributed by atoms with Gasteiger partial charge in [0.2, 0.25) is 0 Å².